The number of rotatable bonds is 35. The molecule has 4 N–H and O–H groups in total. The lowest BCUT2D eigenvalue weighted by Crippen LogP contribution is -2.59. The van der Waals surface area contributed by atoms with Crippen molar-refractivity contribution in [2.45, 2.75) is 198 Å². The van der Waals surface area contributed by atoms with E-state index in [2.05, 4.69) is 50.3 Å². The molecule has 0 saturated carbocycles. The summed E-state index contributed by atoms with van der Waals surface area (Å²) in [6.07, 6.45) is 35.8. The summed E-state index contributed by atoms with van der Waals surface area (Å²) in [6, 6.07) is 0. The molecule has 0 radical (unpaired) electrons. The van der Waals surface area contributed by atoms with Crippen LogP contribution in [0.2, 0.25) is 0 Å². The fourth-order valence-electron chi connectivity index (χ4n) is 6.21. The van der Waals surface area contributed by atoms with Crippen LogP contribution in [0.4, 0.5) is 0 Å². The van der Waals surface area contributed by atoms with E-state index >= 15 is 0 Å². The summed E-state index contributed by atoms with van der Waals surface area (Å²) in [5.41, 5.74) is 0. The molecular weight excluding hydrogens is 672 g/mol. The molecule has 6 atom stereocenters. The predicted octanol–water partition coefficient (Wildman–Crippen LogP) is 8.97. The summed E-state index contributed by atoms with van der Waals surface area (Å²) >= 11 is 0. The normalized spacial score (nSPS) is 21.5. The van der Waals surface area contributed by atoms with E-state index in [9.17, 15) is 25.2 Å². The molecule has 0 aliphatic carbocycles. The third-order valence-corrected chi connectivity index (χ3v) is 9.52. The fourth-order valence-corrected chi connectivity index (χ4v) is 6.21. The largest absolute Gasteiger partial charge is 0.457 e. The van der Waals surface area contributed by atoms with Gasteiger partial charge in [-0.05, 0) is 38.5 Å². The van der Waals surface area contributed by atoms with Crippen molar-refractivity contribution < 1.29 is 44.2 Å². The Morgan fingerprint density at radius 1 is 0.623 bits per heavy atom. The highest BCUT2D eigenvalue weighted by Gasteiger charge is 2.44. The van der Waals surface area contributed by atoms with E-state index in [1.807, 2.05) is 12.2 Å². The van der Waals surface area contributed by atoms with Crippen LogP contribution in [0.5, 0.6) is 0 Å². The van der Waals surface area contributed by atoms with Crippen molar-refractivity contribution in [3.63, 3.8) is 0 Å². The number of ether oxygens (including phenoxy) is 4. The number of carbonyl (C=O) groups is 1. The monoisotopic (exact) mass is 751 g/mol. The van der Waals surface area contributed by atoms with Crippen molar-refractivity contribution >= 4 is 5.97 Å². The van der Waals surface area contributed by atoms with Gasteiger partial charge in [-0.15, -0.1) is 0 Å². The van der Waals surface area contributed by atoms with Gasteiger partial charge in [-0.3, -0.25) is 4.79 Å². The second-order valence-electron chi connectivity index (χ2n) is 14.4. The predicted molar refractivity (Wildman–Crippen MR) is 215 cm³/mol. The van der Waals surface area contributed by atoms with Crippen molar-refractivity contribution in [2.24, 2.45) is 0 Å². The van der Waals surface area contributed by atoms with Gasteiger partial charge in [0.25, 0.3) is 0 Å². The summed E-state index contributed by atoms with van der Waals surface area (Å²) < 4.78 is 22.7. The standard InChI is InChI=1S/C44H78O9/c1-3-5-7-9-11-13-15-17-18-19-20-22-24-26-28-30-32-34-50-36-38(37-51-44-43(49)42(48)41(47)39(35-45)53-44)52-40(46)33-31-29-27-25-23-21-16-14-12-10-8-6-4-2/h6,8,12,14,21,23,27,29,38-39,41-45,47-49H,3-5,7,9-11,13,15-20,22,24-26,28,30-37H2,1-2H3/b8-6-,14-12-,23-21-,29-27-. The number of carbonyl (C=O) groups excluding carboxylic acids is 1. The maximum atomic E-state index is 12.7. The molecule has 1 saturated heterocycles. The zero-order valence-electron chi connectivity index (χ0n) is 33.5. The minimum atomic E-state index is -1.55. The Hall–Kier alpha value is -1.85. The van der Waals surface area contributed by atoms with Crippen LogP contribution in [-0.4, -0.2) is 89.6 Å². The topological polar surface area (TPSA) is 135 Å². The molecule has 9 heteroatoms. The van der Waals surface area contributed by atoms with Crippen molar-refractivity contribution in [3.8, 4) is 0 Å². The Morgan fingerprint density at radius 2 is 1.11 bits per heavy atom. The molecule has 53 heavy (non-hydrogen) atoms. The van der Waals surface area contributed by atoms with E-state index in [-0.39, 0.29) is 19.6 Å². The molecule has 1 aliphatic rings. The van der Waals surface area contributed by atoms with Crippen LogP contribution < -0.4 is 0 Å². The highest BCUT2D eigenvalue weighted by molar-refractivity contribution is 5.69. The highest BCUT2D eigenvalue weighted by atomic mass is 16.7. The van der Waals surface area contributed by atoms with Crippen molar-refractivity contribution in [1.82, 2.24) is 0 Å². The van der Waals surface area contributed by atoms with E-state index in [0.29, 0.717) is 13.0 Å². The molecule has 0 aromatic heterocycles. The Kier molecular flexibility index (Phi) is 33.2. The Balaban J connectivity index is 2.31. The van der Waals surface area contributed by atoms with Crippen LogP contribution >= 0.6 is 0 Å². The third-order valence-electron chi connectivity index (χ3n) is 9.52. The van der Waals surface area contributed by atoms with Gasteiger partial charge in [0.1, 0.15) is 30.5 Å². The average Bonchev–Trinajstić information content (AvgIpc) is 3.16. The van der Waals surface area contributed by atoms with Crippen molar-refractivity contribution in [3.05, 3.63) is 48.6 Å². The fraction of sp³-hybridized carbons (Fsp3) is 0.795. The van der Waals surface area contributed by atoms with Crippen LogP contribution in [-0.2, 0) is 23.7 Å². The van der Waals surface area contributed by atoms with Crippen LogP contribution in [0.25, 0.3) is 0 Å². The van der Waals surface area contributed by atoms with E-state index in [4.69, 9.17) is 18.9 Å². The van der Waals surface area contributed by atoms with Gasteiger partial charge in [0.2, 0.25) is 0 Å². The molecule has 1 heterocycles. The molecule has 0 aromatic carbocycles. The summed E-state index contributed by atoms with van der Waals surface area (Å²) in [5, 5.41) is 40.0. The molecule has 0 bridgehead atoms. The van der Waals surface area contributed by atoms with Crippen LogP contribution in [0, 0.1) is 0 Å². The lowest BCUT2D eigenvalue weighted by atomic mass is 9.99. The summed E-state index contributed by atoms with van der Waals surface area (Å²) in [4.78, 5) is 12.7. The number of esters is 1. The molecule has 0 spiro atoms. The SMILES string of the molecule is CC/C=C\C/C=C\C/C=C\C/C=C\CCC(=O)OC(COCCCCCCCCCCCCCCCCCCC)COC1OC(CO)C(O)C(O)C1O. The quantitative estimate of drug-likeness (QED) is 0.0285. The van der Waals surface area contributed by atoms with Crippen LogP contribution in [0.1, 0.15) is 162 Å². The van der Waals surface area contributed by atoms with Gasteiger partial charge in [0, 0.05) is 13.0 Å². The Morgan fingerprint density at radius 3 is 1.62 bits per heavy atom. The third kappa shape index (κ3) is 27.4. The van der Waals surface area contributed by atoms with Crippen molar-refractivity contribution in [1.29, 1.82) is 0 Å². The molecule has 9 nitrogen and oxygen atoms in total. The molecular formula is C44H78O9. The van der Waals surface area contributed by atoms with Crippen LogP contribution in [0.3, 0.4) is 0 Å². The molecule has 1 rings (SSSR count). The zero-order chi connectivity index (χ0) is 38.6. The lowest BCUT2D eigenvalue weighted by Gasteiger charge is -2.39. The molecule has 6 unspecified atom stereocenters. The van der Waals surface area contributed by atoms with E-state index in [0.717, 1.165) is 38.5 Å². The number of allylic oxidation sites excluding steroid dienone is 8. The van der Waals surface area contributed by atoms with Gasteiger partial charge in [0.05, 0.1) is 19.8 Å². The molecule has 1 fully saturated rings. The minimum Gasteiger partial charge on any atom is -0.457 e. The first-order chi connectivity index (χ1) is 25.9. The first-order valence-electron chi connectivity index (χ1n) is 21.2. The number of aliphatic hydroxyl groups is 4. The van der Waals surface area contributed by atoms with E-state index < -0.39 is 49.4 Å². The second-order valence-corrected chi connectivity index (χ2v) is 14.4. The maximum Gasteiger partial charge on any atom is 0.306 e. The van der Waals surface area contributed by atoms with Gasteiger partial charge in [-0.1, -0.05) is 165 Å². The number of hydrogen-bond donors (Lipinski definition) is 4. The van der Waals surface area contributed by atoms with Gasteiger partial charge in [-0.25, -0.2) is 0 Å². The Labute approximate surface area is 322 Å². The lowest BCUT2D eigenvalue weighted by molar-refractivity contribution is -0.305. The van der Waals surface area contributed by atoms with Crippen LogP contribution in [0.15, 0.2) is 48.6 Å². The number of unbranched alkanes of at least 4 members (excludes halogenated alkanes) is 16. The first kappa shape index (κ1) is 49.2. The van der Waals surface area contributed by atoms with Gasteiger partial charge < -0.3 is 39.4 Å². The average molecular weight is 751 g/mol. The maximum absolute atomic E-state index is 12.7. The summed E-state index contributed by atoms with van der Waals surface area (Å²) in [7, 11) is 0. The highest BCUT2D eigenvalue weighted by Crippen LogP contribution is 2.22. The smallest absolute Gasteiger partial charge is 0.306 e. The zero-order valence-corrected chi connectivity index (χ0v) is 33.5. The van der Waals surface area contributed by atoms with E-state index in [1.54, 1.807) is 0 Å². The van der Waals surface area contributed by atoms with E-state index in [1.165, 1.54) is 96.3 Å². The summed E-state index contributed by atoms with van der Waals surface area (Å²) in [5.74, 6) is -0.392. The first-order valence-corrected chi connectivity index (χ1v) is 21.2. The molecule has 308 valence electrons. The summed E-state index contributed by atoms with van der Waals surface area (Å²) in [6.45, 7) is 4.36. The Bertz CT molecular complexity index is 947. The second kappa shape index (κ2) is 35.8. The number of aliphatic hydroxyl groups excluding tert-OH is 4. The molecule has 0 aromatic rings. The molecule has 0 amide bonds. The van der Waals surface area contributed by atoms with Crippen molar-refractivity contribution in [2.75, 3.05) is 26.4 Å². The van der Waals surface area contributed by atoms with Gasteiger partial charge in [0.15, 0.2) is 6.29 Å². The van der Waals surface area contributed by atoms with Gasteiger partial charge >= 0.3 is 5.97 Å². The minimum absolute atomic E-state index is 0.117. The number of hydrogen-bond acceptors (Lipinski definition) is 9. The van der Waals surface area contributed by atoms with Gasteiger partial charge in [-0.2, -0.15) is 0 Å². The molecule has 1 aliphatic heterocycles.